The van der Waals surface area contributed by atoms with E-state index in [9.17, 15) is 4.79 Å². The summed E-state index contributed by atoms with van der Waals surface area (Å²) in [7, 11) is 0. The van der Waals surface area contributed by atoms with E-state index in [0.29, 0.717) is 13.0 Å². The Labute approximate surface area is 136 Å². The van der Waals surface area contributed by atoms with Crippen LogP contribution < -0.4 is 10.6 Å². The molecule has 2 N–H and O–H groups in total. The van der Waals surface area contributed by atoms with E-state index < -0.39 is 0 Å². The van der Waals surface area contributed by atoms with E-state index in [1.807, 2.05) is 23.9 Å². The maximum atomic E-state index is 12.0. The molecule has 120 valence electrons. The Hall–Kier alpha value is -1.04. The molecule has 0 spiro atoms. The molecule has 1 aromatic carbocycles. The molecule has 3 rings (SSSR count). The summed E-state index contributed by atoms with van der Waals surface area (Å²) in [5, 5.41) is 6.97. The van der Waals surface area contributed by atoms with Gasteiger partial charge in [-0.05, 0) is 37.1 Å². The maximum absolute atomic E-state index is 12.0. The Morgan fingerprint density at radius 3 is 2.73 bits per heavy atom. The number of carbonyl (C=O) groups excluding carboxylic acids is 1. The molecule has 1 atom stereocenters. The largest absolute Gasteiger partial charge is 0.375 e. The Bertz CT molecular complexity index is 480. The summed E-state index contributed by atoms with van der Waals surface area (Å²) in [5.74, 6) is 0.0184. The summed E-state index contributed by atoms with van der Waals surface area (Å²) in [5.41, 5.74) is 0.865. The van der Waals surface area contributed by atoms with Crippen LogP contribution in [0.2, 0.25) is 0 Å². The molecule has 1 aromatic rings. The van der Waals surface area contributed by atoms with Crippen molar-refractivity contribution in [1.29, 1.82) is 0 Å². The molecular weight excluding hydrogens is 296 g/mol. The second kappa shape index (κ2) is 7.99. The van der Waals surface area contributed by atoms with Gasteiger partial charge in [-0.3, -0.25) is 4.79 Å². The van der Waals surface area contributed by atoms with Gasteiger partial charge in [-0.1, -0.05) is 12.8 Å². The summed E-state index contributed by atoms with van der Waals surface area (Å²) >= 11 is 1.97. The Balaban J connectivity index is 1.46. The van der Waals surface area contributed by atoms with Crippen molar-refractivity contribution in [3.05, 3.63) is 24.3 Å². The summed E-state index contributed by atoms with van der Waals surface area (Å²) in [6, 6.07) is 8.21. The van der Waals surface area contributed by atoms with E-state index in [2.05, 4.69) is 22.8 Å². The summed E-state index contributed by atoms with van der Waals surface area (Å²) in [6.07, 6.45) is 5.79. The van der Waals surface area contributed by atoms with E-state index in [-0.39, 0.29) is 12.0 Å². The molecule has 0 bridgehead atoms. The number of thioether (sulfide) groups is 1. The highest BCUT2D eigenvalue weighted by atomic mass is 32.2. The van der Waals surface area contributed by atoms with E-state index in [1.165, 1.54) is 30.6 Å². The van der Waals surface area contributed by atoms with Crippen molar-refractivity contribution in [2.45, 2.75) is 48.4 Å². The van der Waals surface area contributed by atoms with Crippen molar-refractivity contribution >= 4 is 23.4 Å². The standard InChI is InChI=1S/C17H24N2O2S/c20-17(11-14-12-18-9-10-21-14)19-13-5-7-16(8-6-13)22-15-3-1-2-4-15/h5-8,14-15,18H,1-4,9-12H2,(H,19,20)/t14-/m0/s1. The van der Waals surface area contributed by atoms with Gasteiger partial charge in [0.15, 0.2) is 0 Å². The van der Waals surface area contributed by atoms with E-state index in [0.717, 1.165) is 24.0 Å². The third kappa shape index (κ3) is 4.73. The fourth-order valence-corrected chi connectivity index (χ4v) is 4.23. The highest BCUT2D eigenvalue weighted by Crippen LogP contribution is 2.34. The third-order valence-corrected chi connectivity index (χ3v) is 5.51. The topological polar surface area (TPSA) is 50.4 Å². The lowest BCUT2D eigenvalue weighted by Crippen LogP contribution is -2.40. The molecule has 5 heteroatoms. The highest BCUT2D eigenvalue weighted by Gasteiger charge is 2.18. The first kappa shape index (κ1) is 15.8. The number of rotatable bonds is 5. The van der Waals surface area contributed by atoms with Crippen molar-refractivity contribution < 1.29 is 9.53 Å². The van der Waals surface area contributed by atoms with Crippen LogP contribution in [0.4, 0.5) is 5.69 Å². The minimum Gasteiger partial charge on any atom is -0.375 e. The van der Waals surface area contributed by atoms with Crippen LogP contribution in [0.1, 0.15) is 32.1 Å². The lowest BCUT2D eigenvalue weighted by molar-refractivity contribution is -0.119. The third-order valence-electron chi connectivity index (χ3n) is 4.16. The highest BCUT2D eigenvalue weighted by molar-refractivity contribution is 8.00. The number of hydrogen-bond acceptors (Lipinski definition) is 4. The second-order valence-corrected chi connectivity index (χ2v) is 7.37. The number of nitrogens with one attached hydrogen (secondary N) is 2. The number of amides is 1. The molecule has 2 aliphatic rings. The molecule has 4 nitrogen and oxygen atoms in total. The number of hydrogen-bond donors (Lipinski definition) is 2. The van der Waals surface area contributed by atoms with Crippen LogP contribution in [-0.4, -0.2) is 37.0 Å². The predicted molar refractivity (Wildman–Crippen MR) is 90.4 cm³/mol. The van der Waals surface area contributed by atoms with Crippen LogP contribution in [-0.2, 0) is 9.53 Å². The van der Waals surface area contributed by atoms with Crippen LogP contribution in [0.3, 0.4) is 0 Å². The van der Waals surface area contributed by atoms with Crippen molar-refractivity contribution in [3.8, 4) is 0 Å². The first-order valence-corrected chi connectivity index (χ1v) is 9.06. The van der Waals surface area contributed by atoms with Crippen LogP contribution in [0.5, 0.6) is 0 Å². The molecule has 1 amide bonds. The summed E-state index contributed by atoms with van der Waals surface area (Å²) in [4.78, 5) is 13.3. The van der Waals surface area contributed by atoms with Crippen LogP contribution >= 0.6 is 11.8 Å². The van der Waals surface area contributed by atoms with Crippen molar-refractivity contribution in [2.24, 2.45) is 0 Å². The molecule has 1 saturated heterocycles. The molecule has 1 heterocycles. The molecular formula is C17H24N2O2S. The first-order valence-electron chi connectivity index (χ1n) is 8.18. The van der Waals surface area contributed by atoms with Gasteiger partial charge < -0.3 is 15.4 Å². The molecule has 0 radical (unpaired) electrons. The SMILES string of the molecule is O=C(C[C@H]1CNCCO1)Nc1ccc(SC2CCCC2)cc1. The van der Waals surface area contributed by atoms with E-state index in [1.54, 1.807) is 0 Å². The van der Waals surface area contributed by atoms with Crippen LogP contribution in [0, 0.1) is 0 Å². The van der Waals surface area contributed by atoms with Crippen molar-refractivity contribution in [3.63, 3.8) is 0 Å². The fraction of sp³-hybridized carbons (Fsp3) is 0.588. The van der Waals surface area contributed by atoms with Gasteiger partial charge in [0.05, 0.1) is 19.1 Å². The maximum Gasteiger partial charge on any atom is 0.227 e. The molecule has 1 aliphatic carbocycles. The van der Waals surface area contributed by atoms with Gasteiger partial charge in [-0.25, -0.2) is 0 Å². The smallest absolute Gasteiger partial charge is 0.227 e. The van der Waals surface area contributed by atoms with Crippen LogP contribution in [0.15, 0.2) is 29.2 Å². The molecule has 22 heavy (non-hydrogen) atoms. The Kier molecular flexibility index (Phi) is 5.76. The zero-order valence-electron chi connectivity index (χ0n) is 12.8. The van der Waals surface area contributed by atoms with Gasteiger partial charge >= 0.3 is 0 Å². The Morgan fingerprint density at radius 2 is 2.05 bits per heavy atom. The monoisotopic (exact) mass is 320 g/mol. The minimum absolute atomic E-state index is 0.00838. The van der Waals surface area contributed by atoms with E-state index in [4.69, 9.17) is 4.74 Å². The van der Waals surface area contributed by atoms with Crippen LogP contribution in [0.25, 0.3) is 0 Å². The molecule has 1 saturated carbocycles. The van der Waals surface area contributed by atoms with Crippen molar-refractivity contribution in [1.82, 2.24) is 5.32 Å². The zero-order chi connectivity index (χ0) is 15.2. The van der Waals surface area contributed by atoms with Gasteiger partial charge in [-0.15, -0.1) is 11.8 Å². The average molecular weight is 320 g/mol. The summed E-state index contributed by atoms with van der Waals surface area (Å²) < 4.78 is 5.55. The number of ether oxygens (including phenoxy) is 1. The minimum atomic E-state index is -0.00838. The zero-order valence-corrected chi connectivity index (χ0v) is 13.7. The number of carbonyl (C=O) groups is 1. The van der Waals surface area contributed by atoms with E-state index >= 15 is 0 Å². The van der Waals surface area contributed by atoms with Gasteiger partial charge in [0, 0.05) is 28.9 Å². The second-order valence-electron chi connectivity index (χ2n) is 6.00. The summed E-state index contributed by atoms with van der Waals surface area (Å²) in [6.45, 7) is 2.31. The fourth-order valence-electron chi connectivity index (χ4n) is 2.99. The molecule has 2 fully saturated rings. The average Bonchev–Trinajstić information content (AvgIpc) is 3.03. The number of morpholine rings is 1. The van der Waals surface area contributed by atoms with Gasteiger partial charge in [0.1, 0.15) is 0 Å². The Morgan fingerprint density at radius 1 is 1.27 bits per heavy atom. The quantitative estimate of drug-likeness (QED) is 0.875. The molecule has 0 unspecified atom stereocenters. The first-order chi connectivity index (χ1) is 10.8. The van der Waals surface area contributed by atoms with Crippen molar-refractivity contribution in [2.75, 3.05) is 25.0 Å². The van der Waals surface area contributed by atoms with Gasteiger partial charge in [0.25, 0.3) is 0 Å². The molecule has 0 aromatic heterocycles. The van der Waals surface area contributed by atoms with Gasteiger partial charge in [-0.2, -0.15) is 0 Å². The van der Waals surface area contributed by atoms with Gasteiger partial charge in [0.2, 0.25) is 5.91 Å². The number of anilines is 1. The predicted octanol–water partition coefficient (Wildman–Crippen LogP) is 3.04. The normalized spacial score (nSPS) is 22.6. The lowest BCUT2D eigenvalue weighted by Gasteiger charge is -2.23. The molecule has 1 aliphatic heterocycles. The number of benzene rings is 1. The lowest BCUT2D eigenvalue weighted by atomic mass is 10.2.